The summed E-state index contributed by atoms with van der Waals surface area (Å²) in [6, 6.07) is 8.36. The van der Waals surface area contributed by atoms with Gasteiger partial charge in [-0.15, -0.1) is 0 Å². The van der Waals surface area contributed by atoms with Gasteiger partial charge in [0.15, 0.2) is 0 Å². The lowest BCUT2D eigenvalue weighted by Gasteiger charge is -2.27. The second kappa shape index (κ2) is 9.25. The number of amides is 2. The van der Waals surface area contributed by atoms with Gasteiger partial charge in [-0.05, 0) is 37.1 Å². The van der Waals surface area contributed by atoms with E-state index < -0.39 is 0 Å². The van der Waals surface area contributed by atoms with Crippen LogP contribution in [-0.4, -0.2) is 52.9 Å². The summed E-state index contributed by atoms with van der Waals surface area (Å²) in [5.41, 5.74) is 2.49. The van der Waals surface area contributed by atoms with Crippen molar-refractivity contribution in [3.05, 3.63) is 35.4 Å². The zero-order valence-electron chi connectivity index (χ0n) is 14.7. The highest BCUT2D eigenvalue weighted by atomic mass is 32.2. The average molecular weight is 362 g/mol. The Labute approximate surface area is 154 Å². The predicted molar refractivity (Wildman–Crippen MR) is 101 cm³/mol. The van der Waals surface area contributed by atoms with Gasteiger partial charge < -0.3 is 10.2 Å². The van der Waals surface area contributed by atoms with Crippen molar-refractivity contribution in [2.45, 2.75) is 38.8 Å². The van der Waals surface area contributed by atoms with E-state index in [4.69, 9.17) is 0 Å². The van der Waals surface area contributed by atoms with Gasteiger partial charge in [0.05, 0.1) is 0 Å². The largest absolute Gasteiger partial charge is 0.352 e. The molecule has 2 saturated heterocycles. The maximum atomic E-state index is 12.1. The highest BCUT2D eigenvalue weighted by molar-refractivity contribution is 8.13. The van der Waals surface area contributed by atoms with Gasteiger partial charge >= 0.3 is 0 Å². The van der Waals surface area contributed by atoms with Crippen molar-refractivity contribution in [1.82, 2.24) is 15.1 Å². The lowest BCUT2D eigenvalue weighted by molar-refractivity contribution is -0.121. The van der Waals surface area contributed by atoms with Crippen molar-refractivity contribution in [2.75, 3.05) is 31.9 Å². The van der Waals surface area contributed by atoms with Crippen LogP contribution in [0.4, 0.5) is 4.79 Å². The molecule has 25 heavy (non-hydrogen) atoms. The summed E-state index contributed by atoms with van der Waals surface area (Å²) in [4.78, 5) is 27.9. The molecule has 0 radical (unpaired) electrons. The summed E-state index contributed by atoms with van der Waals surface area (Å²) < 4.78 is 0. The van der Waals surface area contributed by atoms with E-state index in [0.29, 0.717) is 19.5 Å². The van der Waals surface area contributed by atoms with Gasteiger partial charge in [-0.2, -0.15) is 0 Å². The highest BCUT2D eigenvalue weighted by Crippen LogP contribution is 2.18. The van der Waals surface area contributed by atoms with Crippen molar-refractivity contribution in [1.29, 1.82) is 0 Å². The third-order valence-electron chi connectivity index (χ3n) is 4.89. The number of nitrogens with one attached hydrogen (secondary N) is 1. The van der Waals surface area contributed by atoms with Crippen LogP contribution in [0.1, 0.15) is 36.8 Å². The molecule has 2 amide bonds. The molecular formula is C19H27N3O2S. The molecule has 0 unspecified atom stereocenters. The third kappa shape index (κ3) is 5.47. The first kappa shape index (κ1) is 18.3. The van der Waals surface area contributed by atoms with Crippen molar-refractivity contribution < 1.29 is 9.59 Å². The number of thioether (sulfide) groups is 1. The number of piperidine rings is 1. The summed E-state index contributed by atoms with van der Waals surface area (Å²) in [5.74, 6) is 0.849. The number of rotatable bonds is 7. The fourth-order valence-corrected chi connectivity index (χ4v) is 4.24. The Kier molecular flexibility index (Phi) is 6.76. The first-order valence-corrected chi connectivity index (χ1v) is 10.2. The minimum Gasteiger partial charge on any atom is -0.352 e. The molecule has 0 atom stereocenters. The summed E-state index contributed by atoms with van der Waals surface area (Å²) in [6.45, 7) is 5.14. The molecule has 1 aromatic carbocycles. The molecule has 0 aromatic heterocycles. The van der Waals surface area contributed by atoms with Crippen LogP contribution in [0.15, 0.2) is 24.3 Å². The van der Waals surface area contributed by atoms with Gasteiger partial charge in [0.1, 0.15) is 0 Å². The number of hydrogen-bond acceptors (Lipinski definition) is 4. The standard InChI is InChI=1S/C19H27N3O2S/c23-18(8-11-22-12-13-25-19(22)24)20-14-16-6-2-3-7-17(16)15-21-9-4-1-5-10-21/h2-3,6-7H,1,4-5,8-15H2,(H,20,23). The smallest absolute Gasteiger partial charge is 0.281 e. The van der Waals surface area contributed by atoms with E-state index in [1.54, 1.807) is 4.90 Å². The number of likely N-dealkylation sites (tertiary alicyclic amines) is 1. The minimum absolute atomic E-state index is 0.0116. The monoisotopic (exact) mass is 361 g/mol. The summed E-state index contributed by atoms with van der Waals surface area (Å²) in [7, 11) is 0. The maximum absolute atomic E-state index is 12.1. The van der Waals surface area contributed by atoms with Crippen LogP contribution in [-0.2, 0) is 17.9 Å². The fourth-order valence-electron chi connectivity index (χ4n) is 3.39. The van der Waals surface area contributed by atoms with E-state index >= 15 is 0 Å². The molecule has 5 nitrogen and oxygen atoms in total. The molecule has 136 valence electrons. The van der Waals surface area contributed by atoms with E-state index in [9.17, 15) is 9.59 Å². The number of carbonyl (C=O) groups is 2. The Morgan fingerprint density at radius 1 is 1.08 bits per heavy atom. The van der Waals surface area contributed by atoms with E-state index in [-0.39, 0.29) is 11.1 Å². The van der Waals surface area contributed by atoms with Gasteiger partial charge in [-0.3, -0.25) is 14.5 Å². The molecule has 6 heteroatoms. The fraction of sp³-hybridized carbons (Fsp3) is 0.579. The summed E-state index contributed by atoms with van der Waals surface area (Å²) >= 11 is 1.34. The molecule has 2 aliphatic heterocycles. The molecule has 1 aromatic rings. The predicted octanol–water partition coefficient (Wildman–Crippen LogP) is 2.85. The molecular weight excluding hydrogens is 334 g/mol. The van der Waals surface area contributed by atoms with Crippen LogP contribution in [0, 0.1) is 0 Å². The van der Waals surface area contributed by atoms with Gasteiger partial charge in [0, 0.05) is 38.4 Å². The molecule has 1 N–H and O–H groups in total. The van der Waals surface area contributed by atoms with Crippen LogP contribution >= 0.6 is 11.8 Å². The SMILES string of the molecule is O=C(CCN1CCSC1=O)NCc1ccccc1CN1CCCCC1. The zero-order chi connectivity index (χ0) is 17.5. The molecule has 0 saturated carbocycles. The Hall–Kier alpha value is -1.53. The van der Waals surface area contributed by atoms with Crippen LogP contribution < -0.4 is 5.32 Å². The first-order valence-electron chi connectivity index (χ1n) is 9.20. The molecule has 0 spiro atoms. The number of carbonyl (C=O) groups excluding carboxylic acids is 2. The van der Waals surface area contributed by atoms with Crippen molar-refractivity contribution in [2.24, 2.45) is 0 Å². The Morgan fingerprint density at radius 3 is 2.56 bits per heavy atom. The van der Waals surface area contributed by atoms with Gasteiger partial charge in [-0.1, -0.05) is 42.4 Å². The minimum atomic E-state index is 0.0116. The van der Waals surface area contributed by atoms with Crippen molar-refractivity contribution in [3.63, 3.8) is 0 Å². The van der Waals surface area contributed by atoms with Gasteiger partial charge in [0.25, 0.3) is 5.24 Å². The number of hydrogen-bond donors (Lipinski definition) is 1. The lowest BCUT2D eigenvalue weighted by Crippen LogP contribution is -2.32. The van der Waals surface area contributed by atoms with Crippen LogP contribution in [0.5, 0.6) is 0 Å². The molecule has 2 aliphatic rings. The van der Waals surface area contributed by atoms with Crippen molar-refractivity contribution >= 4 is 22.9 Å². The lowest BCUT2D eigenvalue weighted by atomic mass is 10.0. The number of nitrogens with zero attached hydrogens (tertiary/aromatic N) is 2. The molecule has 0 bridgehead atoms. The van der Waals surface area contributed by atoms with Gasteiger partial charge in [-0.25, -0.2) is 0 Å². The van der Waals surface area contributed by atoms with Crippen LogP contribution in [0.3, 0.4) is 0 Å². The second-order valence-corrected chi connectivity index (χ2v) is 7.78. The third-order valence-corrected chi connectivity index (χ3v) is 5.78. The average Bonchev–Trinajstić information content (AvgIpc) is 3.05. The van der Waals surface area contributed by atoms with Crippen LogP contribution in [0.2, 0.25) is 0 Å². The van der Waals surface area contributed by atoms with E-state index in [1.807, 2.05) is 6.07 Å². The van der Waals surface area contributed by atoms with E-state index in [0.717, 1.165) is 18.8 Å². The number of benzene rings is 1. The molecule has 2 fully saturated rings. The first-order chi connectivity index (χ1) is 12.2. The van der Waals surface area contributed by atoms with Gasteiger partial charge in [0.2, 0.25) is 5.91 Å². The topological polar surface area (TPSA) is 52.7 Å². The normalized spacial score (nSPS) is 18.6. The zero-order valence-corrected chi connectivity index (χ0v) is 15.5. The Bertz CT molecular complexity index is 602. The Balaban J connectivity index is 1.47. The molecule has 2 heterocycles. The van der Waals surface area contributed by atoms with Crippen LogP contribution in [0.25, 0.3) is 0 Å². The quantitative estimate of drug-likeness (QED) is 0.811. The van der Waals surface area contributed by atoms with Crippen molar-refractivity contribution in [3.8, 4) is 0 Å². The Morgan fingerprint density at radius 2 is 1.84 bits per heavy atom. The highest BCUT2D eigenvalue weighted by Gasteiger charge is 2.21. The molecule has 3 rings (SSSR count). The molecule has 0 aliphatic carbocycles. The summed E-state index contributed by atoms with van der Waals surface area (Å²) in [6.07, 6.45) is 4.28. The summed E-state index contributed by atoms with van der Waals surface area (Å²) in [5, 5.41) is 3.11. The van der Waals surface area contributed by atoms with E-state index in [2.05, 4.69) is 28.4 Å². The maximum Gasteiger partial charge on any atom is 0.281 e. The van der Waals surface area contributed by atoms with E-state index in [1.165, 1.54) is 55.2 Å². The second-order valence-electron chi connectivity index (χ2n) is 6.73.